The molecule has 0 bridgehead atoms. The largest absolute Gasteiger partial charge is 0.349 e. The van der Waals surface area contributed by atoms with Gasteiger partial charge in [0.15, 0.2) is 0 Å². The minimum Gasteiger partial charge on any atom is -0.349 e. The van der Waals surface area contributed by atoms with Crippen molar-refractivity contribution in [2.24, 2.45) is 11.3 Å². The quantitative estimate of drug-likeness (QED) is 0.880. The fourth-order valence-electron chi connectivity index (χ4n) is 4.26. The Morgan fingerprint density at radius 2 is 2.15 bits per heavy atom. The van der Waals surface area contributed by atoms with Crippen LogP contribution in [0.25, 0.3) is 10.9 Å². The molecule has 1 heterocycles. The second-order valence-corrected chi connectivity index (χ2v) is 6.73. The highest BCUT2D eigenvalue weighted by Gasteiger charge is 2.51. The molecule has 4 nitrogen and oxygen atoms in total. The Morgan fingerprint density at radius 1 is 1.35 bits per heavy atom. The van der Waals surface area contributed by atoms with Crippen LogP contribution in [0, 0.1) is 11.3 Å². The van der Waals surface area contributed by atoms with Gasteiger partial charge in [-0.1, -0.05) is 19.1 Å². The van der Waals surface area contributed by atoms with Crippen molar-refractivity contribution in [3.8, 4) is 0 Å². The monoisotopic (exact) mass is 269 g/mol. The van der Waals surface area contributed by atoms with E-state index in [0.29, 0.717) is 17.0 Å². The maximum Gasteiger partial charge on any atom is 0.253 e. The molecule has 0 saturated heterocycles. The molecule has 0 aliphatic heterocycles. The van der Waals surface area contributed by atoms with Crippen LogP contribution in [-0.2, 0) is 0 Å². The number of H-pyrrole nitrogens is 1. The lowest BCUT2D eigenvalue weighted by Crippen LogP contribution is -2.55. The summed E-state index contributed by atoms with van der Waals surface area (Å²) in [5.74, 6) is 0.900. The van der Waals surface area contributed by atoms with E-state index in [4.69, 9.17) is 0 Å². The van der Waals surface area contributed by atoms with Gasteiger partial charge in [0.25, 0.3) is 5.91 Å². The number of rotatable bonds is 2. The summed E-state index contributed by atoms with van der Waals surface area (Å²) in [4.78, 5) is 12.4. The van der Waals surface area contributed by atoms with Crippen molar-refractivity contribution in [3.05, 3.63) is 30.0 Å². The van der Waals surface area contributed by atoms with E-state index in [0.717, 1.165) is 29.7 Å². The van der Waals surface area contributed by atoms with Gasteiger partial charge in [0.05, 0.1) is 17.3 Å². The molecule has 2 fully saturated rings. The van der Waals surface area contributed by atoms with E-state index in [-0.39, 0.29) is 5.91 Å². The van der Waals surface area contributed by atoms with E-state index >= 15 is 0 Å². The predicted molar refractivity (Wildman–Crippen MR) is 77.4 cm³/mol. The maximum atomic E-state index is 12.4. The van der Waals surface area contributed by atoms with E-state index in [9.17, 15) is 4.79 Å². The van der Waals surface area contributed by atoms with Crippen LogP contribution in [0.1, 0.15) is 43.0 Å². The number of fused-ring (bicyclic) bond motifs is 1. The van der Waals surface area contributed by atoms with Crippen molar-refractivity contribution in [2.45, 2.75) is 38.6 Å². The third-order valence-corrected chi connectivity index (χ3v) is 4.98. The van der Waals surface area contributed by atoms with Crippen LogP contribution in [0.2, 0.25) is 0 Å². The summed E-state index contributed by atoms with van der Waals surface area (Å²) in [5, 5.41) is 11.1. The first-order valence-electron chi connectivity index (χ1n) is 7.38. The first kappa shape index (κ1) is 11.9. The molecule has 2 aliphatic carbocycles. The second-order valence-electron chi connectivity index (χ2n) is 6.73. The van der Waals surface area contributed by atoms with Crippen LogP contribution >= 0.6 is 0 Å². The summed E-state index contributed by atoms with van der Waals surface area (Å²) in [7, 11) is 0. The van der Waals surface area contributed by atoms with Gasteiger partial charge in [0, 0.05) is 11.4 Å². The molecule has 0 atom stereocenters. The zero-order valence-corrected chi connectivity index (χ0v) is 11.6. The molecule has 1 aromatic heterocycles. The smallest absolute Gasteiger partial charge is 0.253 e. The number of nitrogens with one attached hydrogen (secondary N) is 2. The molecule has 4 heteroatoms. The number of benzene rings is 1. The molecule has 20 heavy (non-hydrogen) atoms. The number of hydrogen-bond donors (Lipinski definition) is 2. The van der Waals surface area contributed by atoms with Gasteiger partial charge in [-0.2, -0.15) is 5.10 Å². The zero-order chi connectivity index (χ0) is 13.7. The number of aromatic nitrogens is 2. The number of aromatic amines is 1. The summed E-state index contributed by atoms with van der Waals surface area (Å²) < 4.78 is 0. The number of hydrogen-bond acceptors (Lipinski definition) is 2. The number of carbonyl (C=O) groups is 1. The highest BCUT2D eigenvalue weighted by Crippen LogP contribution is 2.58. The van der Waals surface area contributed by atoms with Gasteiger partial charge < -0.3 is 5.32 Å². The van der Waals surface area contributed by atoms with Gasteiger partial charge in [0.1, 0.15) is 0 Å². The molecule has 1 spiro atoms. The maximum absolute atomic E-state index is 12.4. The summed E-state index contributed by atoms with van der Waals surface area (Å²) in [6.07, 6.45) is 6.75. The molecule has 2 saturated carbocycles. The van der Waals surface area contributed by atoms with E-state index in [1.54, 1.807) is 6.20 Å². The minimum atomic E-state index is 0.0204. The van der Waals surface area contributed by atoms with Crippen molar-refractivity contribution in [3.63, 3.8) is 0 Å². The Bertz CT molecular complexity index is 661. The molecule has 2 aromatic rings. The molecule has 2 aliphatic rings. The highest BCUT2D eigenvalue weighted by molar-refractivity contribution is 6.05. The molecule has 1 amide bonds. The van der Waals surface area contributed by atoms with Crippen LogP contribution < -0.4 is 5.32 Å². The van der Waals surface area contributed by atoms with Gasteiger partial charge in [-0.25, -0.2) is 0 Å². The van der Waals surface area contributed by atoms with Crippen molar-refractivity contribution in [1.29, 1.82) is 0 Å². The van der Waals surface area contributed by atoms with Crippen LogP contribution in [0.4, 0.5) is 0 Å². The van der Waals surface area contributed by atoms with Crippen molar-refractivity contribution in [1.82, 2.24) is 15.5 Å². The second kappa shape index (κ2) is 4.08. The van der Waals surface area contributed by atoms with Crippen molar-refractivity contribution < 1.29 is 4.79 Å². The van der Waals surface area contributed by atoms with Crippen LogP contribution in [-0.4, -0.2) is 22.1 Å². The summed E-state index contributed by atoms with van der Waals surface area (Å²) >= 11 is 0. The standard InChI is InChI=1S/C16H19N3O/c1-10-5-16(6-10)7-12(8-16)18-15(20)13-4-2-3-11-9-17-19-14(11)13/h2-4,9-10,12H,5-8H2,1H3,(H,17,19)(H,18,20). The van der Waals surface area contributed by atoms with E-state index in [1.807, 2.05) is 18.2 Å². The average molecular weight is 269 g/mol. The fraction of sp³-hybridized carbons (Fsp3) is 0.500. The van der Waals surface area contributed by atoms with Crippen LogP contribution in [0.15, 0.2) is 24.4 Å². The Balaban J connectivity index is 1.45. The number of amides is 1. The Morgan fingerprint density at radius 3 is 2.90 bits per heavy atom. The van der Waals surface area contributed by atoms with Crippen molar-refractivity contribution in [2.75, 3.05) is 0 Å². The third kappa shape index (κ3) is 1.74. The Labute approximate surface area is 117 Å². The molecule has 1 aromatic carbocycles. The van der Waals surface area contributed by atoms with Crippen molar-refractivity contribution >= 4 is 16.8 Å². The Kier molecular flexibility index (Phi) is 2.43. The molecular weight excluding hydrogens is 250 g/mol. The lowest BCUT2D eigenvalue weighted by molar-refractivity contribution is -0.0399. The number of nitrogens with zero attached hydrogens (tertiary/aromatic N) is 1. The molecule has 4 rings (SSSR count). The summed E-state index contributed by atoms with van der Waals surface area (Å²) in [5.41, 5.74) is 2.09. The number of para-hydroxylation sites is 1. The topological polar surface area (TPSA) is 57.8 Å². The Hall–Kier alpha value is -1.84. The third-order valence-electron chi connectivity index (χ3n) is 4.98. The molecule has 2 N–H and O–H groups in total. The fourth-order valence-corrected chi connectivity index (χ4v) is 4.26. The van der Waals surface area contributed by atoms with Crippen LogP contribution in [0.3, 0.4) is 0 Å². The summed E-state index contributed by atoms with van der Waals surface area (Å²) in [6.45, 7) is 2.32. The van der Waals surface area contributed by atoms with E-state index in [2.05, 4.69) is 22.4 Å². The molecule has 0 unspecified atom stereocenters. The first-order chi connectivity index (χ1) is 9.65. The normalized spacial score (nSPS) is 31.9. The lowest BCUT2D eigenvalue weighted by atomic mass is 9.50. The average Bonchev–Trinajstić information content (AvgIpc) is 2.82. The number of carbonyl (C=O) groups excluding carboxylic acids is 1. The molecular formula is C16H19N3O. The molecule has 104 valence electrons. The first-order valence-corrected chi connectivity index (χ1v) is 7.38. The molecule has 0 radical (unpaired) electrons. The lowest BCUT2D eigenvalue weighted by Gasteiger charge is -2.57. The van der Waals surface area contributed by atoms with Crippen LogP contribution in [0.5, 0.6) is 0 Å². The predicted octanol–water partition coefficient (Wildman–Crippen LogP) is 2.87. The van der Waals surface area contributed by atoms with Gasteiger partial charge >= 0.3 is 0 Å². The minimum absolute atomic E-state index is 0.0204. The van der Waals surface area contributed by atoms with Gasteiger partial charge in [-0.15, -0.1) is 0 Å². The summed E-state index contributed by atoms with van der Waals surface area (Å²) in [6, 6.07) is 6.08. The SMILES string of the molecule is CC1CC2(C1)CC(NC(=O)c1cccc3cn[nH]c13)C2. The van der Waals surface area contributed by atoms with Gasteiger partial charge in [-0.05, 0) is 43.1 Å². The van der Waals surface area contributed by atoms with Gasteiger partial charge in [-0.3, -0.25) is 9.89 Å². The zero-order valence-electron chi connectivity index (χ0n) is 11.6. The van der Waals surface area contributed by atoms with Gasteiger partial charge in [0.2, 0.25) is 0 Å². The van der Waals surface area contributed by atoms with E-state index in [1.165, 1.54) is 12.8 Å². The van der Waals surface area contributed by atoms with E-state index < -0.39 is 0 Å². The highest BCUT2D eigenvalue weighted by atomic mass is 16.1.